The summed E-state index contributed by atoms with van der Waals surface area (Å²) in [5.41, 5.74) is -0.0474. The third kappa shape index (κ3) is 6.09. The zero-order chi connectivity index (χ0) is 26.7. The minimum absolute atomic E-state index is 0.116. The molecule has 1 amide bonds. The highest BCUT2D eigenvalue weighted by Crippen LogP contribution is 2.42. The van der Waals surface area contributed by atoms with Crippen LogP contribution in [0.25, 0.3) is 0 Å². The van der Waals surface area contributed by atoms with E-state index in [9.17, 15) is 28.1 Å². The zero-order valence-electron chi connectivity index (χ0n) is 19.6. The van der Waals surface area contributed by atoms with Crippen LogP contribution in [0, 0.1) is 10.1 Å². The number of allylic oxidation sites excluding steroid dienone is 1. The van der Waals surface area contributed by atoms with E-state index >= 15 is 0 Å². The van der Waals surface area contributed by atoms with Crippen molar-refractivity contribution in [1.29, 1.82) is 0 Å². The summed E-state index contributed by atoms with van der Waals surface area (Å²) in [5.74, 6) is -1.23. The molecule has 2 aromatic carbocycles. The van der Waals surface area contributed by atoms with Crippen LogP contribution >= 0.6 is 11.8 Å². The van der Waals surface area contributed by atoms with E-state index in [2.05, 4.69) is 4.99 Å². The summed E-state index contributed by atoms with van der Waals surface area (Å²) in [4.78, 5) is 41.7. The topological polar surface area (TPSA) is 155 Å². The maximum Gasteiger partial charge on any atom is 0.359 e. The second-order valence-corrected chi connectivity index (χ2v) is 10.7. The number of β-lactam (4-membered cyclic amide) rings is 1. The lowest BCUT2D eigenvalue weighted by Gasteiger charge is -2.41. The Morgan fingerprint density at radius 3 is 2.43 bits per heavy atom. The summed E-state index contributed by atoms with van der Waals surface area (Å²) in [5, 5.41) is 10.8. The van der Waals surface area contributed by atoms with E-state index in [4.69, 9.17) is 13.7 Å². The van der Waals surface area contributed by atoms with E-state index in [1.807, 2.05) is 18.2 Å². The number of carbonyl (C=O) groups is 2. The Kier molecular flexibility index (Phi) is 7.50. The molecule has 0 radical (unpaired) electrons. The van der Waals surface area contributed by atoms with Gasteiger partial charge >= 0.3 is 16.1 Å². The van der Waals surface area contributed by atoms with Crippen molar-refractivity contribution in [2.24, 2.45) is 4.99 Å². The molecule has 12 nitrogen and oxygen atoms in total. The SMILES string of the molecule is CC(OS(C)(=O)=O)=C(C(=O)OCc1ccc([N+](=O)[O-])cc1)N1C(=O)C2N=C(COc3ccccc3)SC21. The monoisotopic (exact) mass is 547 g/mol. The Morgan fingerprint density at radius 2 is 1.81 bits per heavy atom. The van der Waals surface area contributed by atoms with E-state index in [0.717, 1.165) is 11.2 Å². The van der Waals surface area contributed by atoms with E-state index in [1.54, 1.807) is 12.1 Å². The van der Waals surface area contributed by atoms with Crippen LogP contribution in [0.15, 0.2) is 71.0 Å². The van der Waals surface area contributed by atoms with Crippen molar-refractivity contribution in [2.45, 2.75) is 24.9 Å². The van der Waals surface area contributed by atoms with Crippen molar-refractivity contribution in [3.63, 3.8) is 0 Å². The van der Waals surface area contributed by atoms with Gasteiger partial charge in [0.2, 0.25) is 0 Å². The van der Waals surface area contributed by atoms with Crippen molar-refractivity contribution < 1.29 is 36.6 Å². The number of fused-ring (bicyclic) bond motifs is 1. The van der Waals surface area contributed by atoms with Gasteiger partial charge in [0.05, 0.1) is 11.2 Å². The summed E-state index contributed by atoms with van der Waals surface area (Å²) in [7, 11) is -4.01. The van der Waals surface area contributed by atoms with E-state index < -0.39 is 38.3 Å². The Bertz CT molecular complexity index is 1390. The highest BCUT2D eigenvalue weighted by Gasteiger charge is 2.55. The summed E-state index contributed by atoms with van der Waals surface area (Å²) in [6.07, 6.45) is 0.809. The fourth-order valence-electron chi connectivity index (χ4n) is 3.59. The Morgan fingerprint density at radius 1 is 1.14 bits per heavy atom. The number of carbonyl (C=O) groups excluding carboxylic acids is 2. The number of aliphatic imine (C=N–C) groups is 1. The van der Waals surface area contributed by atoms with Crippen molar-refractivity contribution in [1.82, 2.24) is 4.90 Å². The number of nitrogens with zero attached hydrogens (tertiary/aromatic N) is 3. The molecule has 2 unspecified atom stereocenters. The van der Waals surface area contributed by atoms with Gasteiger partial charge in [-0.15, -0.1) is 0 Å². The molecular weight excluding hydrogens is 526 g/mol. The number of nitro benzene ring substituents is 1. The van der Waals surface area contributed by atoms with Crippen LogP contribution in [0.3, 0.4) is 0 Å². The van der Waals surface area contributed by atoms with Crippen molar-refractivity contribution in [3.05, 3.63) is 81.7 Å². The van der Waals surface area contributed by atoms with Crippen molar-refractivity contribution in [2.75, 3.05) is 12.9 Å². The molecule has 4 rings (SSSR count). The normalized spacial score (nSPS) is 19.2. The number of ether oxygens (including phenoxy) is 2. The lowest BCUT2D eigenvalue weighted by molar-refractivity contribution is -0.384. The number of hydrogen-bond donors (Lipinski definition) is 0. The maximum absolute atomic E-state index is 13.1. The smallest absolute Gasteiger partial charge is 0.359 e. The lowest BCUT2D eigenvalue weighted by Crippen LogP contribution is -2.61. The van der Waals surface area contributed by atoms with Gasteiger partial charge in [-0.2, -0.15) is 8.42 Å². The number of nitro groups is 1. The second-order valence-electron chi connectivity index (χ2n) is 7.98. The van der Waals surface area contributed by atoms with Crippen LogP contribution in [0.1, 0.15) is 12.5 Å². The van der Waals surface area contributed by atoms with Gasteiger partial charge in [0, 0.05) is 12.1 Å². The van der Waals surface area contributed by atoms with Gasteiger partial charge in [0.1, 0.15) is 35.1 Å². The van der Waals surface area contributed by atoms with Crippen LogP contribution < -0.4 is 4.74 Å². The molecule has 0 spiro atoms. The molecule has 1 saturated heterocycles. The van der Waals surface area contributed by atoms with Crippen LogP contribution in [0.5, 0.6) is 5.75 Å². The summed E-state index contributed by atoms with van der Waals surface area (Å²) >= 11 is 1.21. The first-order valence-corrected chi connectivity index (χ1v) is 13.5. The number of rotatable bonds is 10. The lowest BCUT2D eigenvalue weighted by atomic mass is 10.1. The molecule has 2 heterocycles. The minimum Gasteiger partial charge on any atom is -0.487 e. The van der Waals surface area contributed by atoms with E-state index in [0.29, 0.717) is 16.4 Å². The quantitative estimate of drug-likeness (QED) is 0.0824. The molecule has 0 saturated carbocycles. The molecule has 37 heavy (non-hydrogen) atoms. The van der Waals surface area contributed by atoms with Gasteiger partial charge in [-0.3, -0.25) is 24.8 Å². The Hall–Kier alpha value is -3.91. The molecule has 0 bridgehead atoms. The van der Waals surface area contributed by atoms with Gasteiger partial charge in [-0.1, -0.05) is 30.0 Å². The fraction of sp³-hybridized carbons (Fsp3) is 0.261. The molecule has 194 valence electrons. The van der Waals surface area contributed by atoms with Crippen LogP contribution in [0.4, 0.5) is 5.69 Å². The average Bonchev–Trinajstić information content (AvgIpc) is 3.23. The number of esters is 1. The average molecular weight is 548 g/mol. The van der Waals surface area contributed by atoms with Gasteiger partial charge in [-0.05, 0) is 36.8 Å². The number of non-ortho nitro benzene ring substituents is 1. The van der Waals surface area contributed by atoms with Gasteiger partial charge in [0.25, 0.3) is 11.6 Å². The fourth-order valence-corrected chi connectivity index (χ4v) is 5.32. The van der Waals surface area contributed by atoms with Crippen molar-refractivity contribution in [3.8, 4) is 5.75 Å². The van der Waals surface area contributed by atoms with Crippen molar-refractivity contribution >= 4 is 44.5 Å². The molecule has 0 aliphatic carbocycles. The van der Waals surface area contributed by atoms with Crippen LogP contribution in [-0.4, -0.2) is 59.4 Å². The maximum atomic E-state index is 13.1. The number of amides is 1. The number of hydrogen-bond acceptors (Lipinski definition) is 11. The molecule has 2 aromatic rings. The number of benzene rings is 2. The van der Waals surface area contributed by atoms with E-state index in [1.165, 1.54) is 43.0 Å². The van der Waals surface area contributed by atoms with Gasteiger partial charge < -0.3 is 13.7 Å². The standard InChI is InChI=1S/C23H21N3O9S2/c1-14(35-37(2,31)32)20(23(28)34-12-15-8-10-16(11-9-15)26(29)30)25-21(27)19-22(25)36-18(24-19)13-33-17-6-4-3-5-7-17/h3-11,19,22H,12-13H2,1-2H3. The highest BCUT2D eigenvalue weighted by atomic mass is 32.2. The Balaban J connectivity index is 1.49. The minimum atomic E-state index is -4.01. The predicted octanol–water partition coefficient (Wildman–Crippen LogP) is 2.61. The van der Waals surface area contributed by atoms with Crippen LogP contribution in [-0.2, 0) is 35.2 Å². The number of thioether (sulfide) groups is 1. The zero-order valence-corrected chi connectivity index (χ0v) is 21.2. The molecule has 0 aromatic heterocycles. The van der Waals surface area contributed by atoms with Gasteiger partial charge in [-0.25, -0.2) is 4.79 Å². The molecule has 2 aliphatic heterocycles. The summed E-state index contributed by atoms with van der Waals surface area (Å²) in [6.45, 7) is 1.08. The Labute approximate surface area is 216 Å². The first-order valence-electron chi connectivity index (χ1n) is 10.8. The third-order valence-corrected chi connectivity index (χ3v) is 6.98. The first-order chi connectivity index (χ1) is 17.5. The molecule has 0 N–H and O–H groups in total. The molecule has 1 fully saturated rings. The second kappa shape index (κ2) is 10.6. The third-order valence-electron chi connectivity index (χ3n) is 5.22. The van der Waals surface area contributed by atoms with Crippen LogP contribution in [0.2, 0.25) is 0 Å². The molecule has 2 atom stereocenters. The summed E-state index contributed by atoms with van der Waals surface area (Å²) in [6, 6.07) is 13.6. The van der Waals surface area contributed by atoms with E-state index in [-0.39, 0.29) is 30.4 Å². The number of para-hydroxylation sites is 1. The highest BCUT2D eigenvalue weighted by molar-refractivity contribution is 8.15. The molecular formula is C23H21N3O9S2. The summed E-state index contributed by atoms with van der Waals surface area (Å²) < 4.78 is 39.4. The molecule has 14 heteroatoms. The predicted molar refractivity (Wildman–Crippen MR) is 133 cm³/mol. The molecule has 2 aliphatic rings. The van der Waals surface area contributed by atoms with Gasteiger partial charge in [0.15, 0.2) is 11.7 Å². The largest absolute Gasteiger partial charge is 0.487 e. The first kappa shape index (κ1) is 26.2. The number of likely N-dealkylation sites (tertiary alicyclic amines) is 1.